The first-order valence-corrected chi connectivity index (χ1v) is 7.38. The first kappa shape index (κ1) is 18.1. The molecule has 0 spiro atoms. The second-order valence-corrected chi connectivity index (χ2v) is 5.40. The van der Waals surface area contributed by atoms with Crippen molar-refractivity contribution in [3.8, 4) is 5.75 Å². The van der Waals surface area contributed by atoms with Gasteiger partial charge in [0.25, 0.3) is 5.91 Å². The fourth-order valence-electron chi connectivity index (χ4n) is 2.50. The third-order valence-corrected chi connectivity index (χ3v) is 3.76. The number of carboxylic acid groups (broad SMARTS) is 1. The van der Waals surface area contributed by atoms with Crippen molar-refractivity contribution >= 4 is 30.0 Å². The van der Waals surface area contributed by atoms with E-state index in [1.807, 2.05) is 0 Å². The van der Waals surface area contributed by atoms with Gasteiger partial charge in [0, 0.05) is 13.5 Å². The van der Waals surface area contributed by atoms with E-state index < -0.39 is 36.3 Å². The van der Waals surface area contributed by atoms with Crippen LogP contribution in [0.2, 0.25) is 0 Å². The van der Waals surface area contributed by atoms with Gasteiger partial charge in [-0.05, 0) is 18.6 Å². The first-order chi connectivity index (χ1) is 11.8. The van der Waals surface area contributed by atoms with E-state index in [1.54, 1.807) is 0 Å². The lowest BCUT2D eigenvalue weighted by atomic mass is 10.0. The summed E-state index contributed by atoms with van der Waals surface area (Å²) in [7, 11) is 1.39. The van der Waals surface area contributed by atoms with Gasteiger partial charge in [-0.3, -0.25) is 24.5 Å². The van der Waals surface area contributed by atoms with E-state index >= 15 is 0 Å². The molecule has 2 N–H and O–H groups in total. The second-order valence-electron chi connectivity index (χ2n) is 5.40. The number of nitrogens with one attached hydrogen (secondary N) is 1. The van der Waals surface area contributed by atoms with Crippen LogP contribution in [0.1, 0.15) is 33.6 Å². The maximum atomic E-state index is 12.7. The minimum absolute atomic E-state index is 0.0231. The van der Waals surface area contributed by atoms with Crippen LogP contribution in [0.15, 0.2) is 18.2 Å². The molecule has 132 valence electrons. The van der Waals surface area contributed by atoms with Gasteiger partial charge in [-0.15, -0.1) is 0 Å². The molecule has 1 aliphatic rings. The molecule has 1 saturated heterocycles. The van der Waals surface area contributed by atoms with Gasteiger partial charge >= 0.3 is 5.97 Å². The summed E-state index contributed by atoms with van der Waals surface area (Å²) in [5.74, 6) is -2.87. The van der Waals surface area contributed by atoms with Crippen molar-refractivity contribution in [2.24, 2.45) is 0 Å². The summed E-state index contributed by atoms with van der Waals surface area (Å²) in [6, 6.07) is 3.35. The number of hydrogen-bond donors (Lipinski definition) is 2. The average molecular weight is 348 g/mol. The van der Waals surface area contributed by atoms with E-state index in [4.69, 9.17) is 9.84 Å². The highest BCUT2D eigenvalue weighted by Crippen LogP contribution is 2.23. The van der Waals surface area contributed by atoms with E-state index in [1.165, 1.54) is 25.2 Å². The molecule has 0 aliphatic carbocycles. The summed E-state index contributed by atoms with van der Waals surface area (Å²) < 4.78 is 5.02. The largest absolute Gasteiger partial charge is 0.481 e. The fraction of sp³-hybridized carbons (Fsp3) is 0.312. The molecule has 1 aromatic carbocycles. The molecular weight excluding hydrogens is 332 g/mol. The van der Waals surface area contributed by atoms with Crippen LogP contribution in [0.4, 0.5) is 0 Å². The van der Waals surface area contributed by atoms with Gasteiger partial charge in [0.1, 0.15) is 11.8 Å². The third kappa shape index (κ3) is 4.00. The number of aliphatic carboxylic acids is 1. The number of likely N-dealkylation sites (N-methyl/N-ethyl adjacent to an activating group) is 1. The van der Waals surface area contributed by atoms with Gasteiger partial charge in [-0.25, -0.2) is 4.79 Å². The van der Waals surface area contributed by atoms with Gasteiger partial charge < -0.3 is 14.7 Å². The van der Waals surface area contributed by atoms with Gasteiger partial charge in [0.05, 0.1) is 11.1 Å². The Morgan fingerprint density at radius 3 is 2.72 bits per heavy atom. The van der Waals surface area contributed by atoms with Crippen molar-refractivity contribution in [1.29, 1.82) is 0 Å². The van der Waals surface area contributed by atoms with E-state index in [2.05, 4.69) is 5.32 Å². The van der Waals surface area contributed by atoms with Crippen molar-refractivity contribution in [2.75, 3.05) is 13.7 Å². The van der Waals surface area contributed by atoms with E-state index in [9.17, 15) is 24.0 Å². The Bertz CT molecular complexity index is 744. The summed E-state index contributed by atoms with van der Waals surface area (Å²) in [6.45, 7) is -0.665. The van der Waals surface area contributed by atoms with Crippen molar-refractivity contribution in [3.05, 3.63) is 29.3 Å². The lowest BCUT2D eigenvalue weighted by Crippen LogP contribution is -2.53. The lowest BCUT2D eigenvalue weighted by molar-refractivity contribution is -0.139. The summed E-state index contributed by atoms with van der Waals surface area (Å²) in [6.07, 6.45) is 0.678. The number of amides is 3. The monoisotopic (exact) mass is 348 g/mol. The molecule has 25 heavy (non-hydrogen) atoms. The molecule has 0 bridgehead atoms. The molecule has 0 aromatic heterocycles. The van der Waals surface area contributed by atoms with Crippen LogP contribution in [0.3, 0.4) is 0 Å². The van der Waals surface area contributed by atoms with Crippen molar-refractivity contribution in [3.63, 3.8) is 0 Å². The highest BCUT2D eigenvalue weighted by atomic mass is 16.5. The van der Waals surface area contributed by atoms with Gasteiger partial charge in [0.2, 0.25) is 11.8 Å². The van der Waals surface area contributed by atoms with Crippen LogP contribution in [-0.2, 0) is 14.4 Å². The molecular formula is C16H16N2O7. The number of ether oxygens (including phenoxy) is 1. The number of benzene rings is 1. The molecule has 1 aliphatic heterocycles. The number of hydrogen-bond acceptors (Lipinski definition) is 6. The number of carbonyl (C=O) groups excluding carboxylic acids is 4. The quantitative estimate of drug-likeness (QED) is 0.539. The van der Waals surface area contributed by atoms with Crippen LogP contribution in [0.5, 0.6) is 5.75 Å². The number of piperidine rings is 1. The number of nitrogens with zero attached hydrogens (tertiary/aromatic N) is 1. The summed E-state index contributed by atoms with van der Waals surface area (Å²) >= 11 is 0. The second kappa shape index (κ2) is 7.56. The highest BCUT2D eigenvalue weighted by Gasteiger charge is 2.33. The molecule has 0 radical (unpaired) electrons. The number of carbonyl (C=O) groups is 5. The standard InChI is InChI=1S/C16H16N2O7/c1-18(11-5-6-13(20)17-15(11)23)16(24)9-3-2-4-12(10(9)7-19)25-8-14(21)22/h2-4,7,11H,5-6,8H2,1H3,(H,21,22)(H,17,20,23). The van der Waals surface area contributed by atoms with Gasteiger partial charge in [0.15, 0.2) is 12.9 Å². The predicted octanol–water partition coefficient (Wildman–Crippen LogP) is -0.160. The normalized spacial score (nSPS) is 16.8. The molecule has 1 fully saturated rings. The van der Waals surface area contributed by atoms with Crippen molar-refractivity contribution in [1.82, 2.24) is 10.2 Å². The highest BCUT2D eigenvalue weighted by molar-refractivity contribution is 6.06. The van der Waals surface area contributed by atoms with Gasteiger partial charge in [-0.1, -0.05) is 6.07 Å². The summed E-state index contributed by atoms with van der Waals surface area (Å²) in [4.78, 5) is 58.9. The van der Waals surface area contributed by atoms with Crippen LogP contribution < -0.4 is 10.1 Å². The Morgan fingerprint density at radius 2 is 2.12 bits per heavy atom. The fourth-order valence-corrected chi connectivity index (χ4v) is 2.50. The zero-order valence-corrected chi connectivity index (χ0v) is 13.4. The Labute approximate surface area is 142 Å². The Hall–Kier alpha value is -3.23. The minimum Gasteiger partial charge on any atom is -0.481 e. The van der Waals surface area contributed by atoms with Crippen molar-refractivity contribution in [2.45, 2.75) is 18.9 Å². The molecule has 0 saturated carbocycles. The smallest absolute Gasteiger partial charge is 0.341 e. The average Bonchev–Trinajstić information content (AvgIpc) is 2.58. The van der Waals surface area contributed by atoms with Gasteiger partial charge in [-0.2, -0.15) is 0 Å². The zero-order valence-electron chi connectivity index (χ0n) is 13.4. The SMILES string of the molecule is CN(C(=O)c1cccc(OCC(=O)O)c1C=O)C1CCC(=O)NC1=O. The lowest BCUT2D eigenvalue weighted by Gasteiger charge is -2.30. The first-order valence-electron chi connectivity index (χ1n) is 7.38. The Kier molecular flexibility index (Phi) is 5.48. The molecule has 1 aromatic rings. The minimum atomic E-state index is -1.23. The van der Waals surface area contributed by atoms with E-state index in [0.29, 0.717) is 6.29 Å². The molecule has 9 nitrogen and oxygen atoms in total. The topological polar surface area (TPSA) is 130 Å². The Morgan fingerprint density at radius 1 is 1.40 bits per heavy atom. The number of carboxylic acids is 1. The predicted molar refractivity (Wildman–Crippen MR) is 83.2 cm³/mol. The molecule has 1 atom stereocenters. The number of aldehydes is 1. The maximum Gasteiger partial charge on any atom is 0.341 e. The van der Waals surface area contributed by atoms with E-state index in [0.717, 1.165) is 4.90 Å². The third-order valence-electron chi connectivity index (χ3n) is 3.76. The van der Waals surface area contributed by atoms with E-state index in [-0.39, 0.29) is 29.7 Å². The van der Waals surface area contributed by atoms with Crippen molar-refractivity contribution < 1.29 is 33.8 Å². The number of rotatable bonds is 6. The zero-order chi connectivity index (χ0) is 18.6. The summed E-state index contributed by atoms with van der Waals surface area (Å²) in [5.41, 5.74) is -0.127. The molecule has 3 amide bonds. The Balaban J connectivity index is 2.27. The van der Waals surface area contributed by atoms with Crippen LogP contribution in [0.25, 0.3) is 0 Å². The molecule has 2 rings (SSSR count). The summed E-state index contributed by atoms with van der Waals surface area (Å²) in [5, 5.41) is 10.8. The van der Waals surface area contributed by atoms with Crippen LogP contribution in [0, 0.1) is 0 Å². The number of imide groups is 1. The molecule has 1 unspecified atom stereocenters. The molecule has 9 heteroatoms. The molecule has 1 heterocycles. The van der Waals surface area contributed by atoms with Crippen LogP contribution in [-0.4, -0.2) is 59.7 Å². The van der Waals surface area contributed by atoms with Crippen LogP contribution >= 0.6 is 0 Å². The maximum absolute atomic E-state index is 12.7.